The molecule has 3 aromatic rings. The van der Waals surface area contributed by atoms with E-state index in [4.69, 9.17) is 0 Å². The number of benzene rings is 1. The van der Waals surface area contributed by atoms with Gasteiger partial charge in [-0.15, -0.1) is 0 Å². The second-order valence-corrected chi connectivity index (χ2v) is 6.97. The van der Waals surface area contributed by atoms with Crippen LogP contribution in [0.2, 0.25) is 0 Å². The van der Waals surface area contributed by atoms with E-state index in [2.05, 4.69) is 43.1 Å². The molecule has 2 fully saturated rings. The zero-order valence-electron chi connectivity index (χ0n) is 14.3. The van der Waals surface area contributed by atoms with Crippen molar-refractivity contribution in [3.05, 3.63) is 42.7 Å². The van der Waals surface area contributed by atoms with Gasteiger partial charge in [0.15, 0.2) is 0 Å². The molecule has 6 nitrogen and oxygen atoms in total. The highest BCUT2D eigenvalue weighted by Crippen LogP contribution is 2.28. The molecule has 0 bridgehead atoms. The van der Waals surface area contributed by atoms with Gasteiger partial charge in [-0.2, -0.15) is 14.6 Å². The normalized spacial score (nSPS) is 21.4. The third-order valence-electron chi connectivity index (χ3n) is 5.45. The SMILES string of the molecule is c1ccc(-c2cc(N3CC[C@@H](N4CCCC4)C3)n3ncnc3n2)cc1. The molecule has 4 heterocycles. The molecule has 0 unspecified atom stereocenters. The largest absolute Gasteiger partial charge is 0.355 e. The van der Waals surface area contributed by atoms with Crippen LogP contribution < -0.4 is 4.90 Å². The number of likely N-dealkylation sites (tertiary alicyclic amines) is 1. The lowest BCUT2D eigenvalue weighted by atomic mass is 10.1. The summed E-state index contributed by atoms with van der Waals surface area (Å²) in [6, 6.07) is 13.1. The molecule has 5 rings (SSSR count). The van der Waals surface area contributed by atoms with E-state index < -0.39 is 0 Å². The minimum absolute atomic E-state index is 0.661. The number of hydrogen-bond donors (Lipinski definition) is 0. The average molecular weight is 334 g/mol. The van der Waals surface area contributed by atoms with Crippen molar-refractivity contribution in [1.29, 1.82) is 0 Å². The molecule has 2 aliphatic rings. The van der Waals surface area contributed by atoms with Crippen LogP contribution in [0.15, 0.2) is 42.7 Å². The van der Waals surface area contributed by atoms with Gasteiger partial charge < -0.3 is 4.90 Å². The summed E-state index contributed by atoms with van der Waals surface area (Å²) < 4.78 is 1.87. The second-order valence-electron chi connectivity index (χ2n) is 6.97. The van der Waals surface area contributed by atoms with Gasteiger partial charge in [0.1, 0.15) is 12.1 Å². The summed E-state index contributed by atoms with van der Waals surface area (Å²) in [5, 5.41) is 4.41. The highest BCUT2D eigenvalue weighted by atomic mass is 15.4. The van der Waals surface area contributed by atoms with E-state index in [0.717, 1.165) is 30.2 Å². The summed E-state index contributed by atoms with van der Waals surface area (Å²) in [6.07, 6.45) is 5.50. The first-order valence-electron chi connectivity index (χ1n) is 9.14. The van der Waals surface area contributed by atoms with E-state index in [0.29, 0.717) is 11.8 Å². The van der Waals surface area contributed by atoms with Crippen molar-refractivity contribution < 1.29 is 0 Å². The lowest BCUT2D eigenvalue weighted by Gasteiger charge is -2.24. The lowest BCUT2D eigenvalue weighted by Crippen LogP contribution is -2.35. The monoisotopic (exact) mass is 334 g/mol. The second kappa shape index (κ2) is 6.11. The minimum Gasteiger partial charge on any atom is -0.355 e. The Morgan fingerprint density at radius 2 is 1.84 bits per heavy atom. The zero-order chi connectivity index (χ0) is 16.6. The van der Waals surface area contributed by atoms with Crippen LogP contribution >= 0.6 is 0 Å². The fourth-order valence-electron chi connectivity index (χ4n) is 4.13. The van der Waals surface area contributed by atoms with Crippen LogP contribution in [0.3, 0.4) is 0 Å². The van der Waals surface area contributed by atoms with Crippen LogP contribution in [0, 0.1) is 0 Å². The maximum Gasteiger partial charge on any atom is 0.254 e. The summed E-state index contributed by atoms with van der Waals surface area (Å²) in [6.45, 7) is 4.63. The Bertz CT molecular complexity index is 868. The van der Waals surface area contributed by atoms with Gasteiger partial charge in [-0.1, -0.05) is 30.3 Å². The summed E-state index contributed by atoms with van der Waals surface area (Å²) in [4.78, 5) is 14.1. The van der Waals surface area contributed by atoms with Gasteiger partial charge in [0, 0.05) is 30.8 Å². The van der Waals surface area contributed by atoms with Gasteiger partial charge >= 0.3 is 0 Å². The number of nitrogens with zero attached hydrogens (tertiary/aromatic N) is 6. The van der Waals surface area contributed by atoms with Crippen LogP contribution in [-0.4, -0.2) is 56.7 Å². The maximum absolute atomic E-state index is 4.69. The van der Waals surface area contributed by atoms with E-state index in [1.807, 2.05) is 22.7 Å². The Morgan fingerprint density at radius 3 is 2.68 bits per heavy atom. The number of anilines is 1. The minimum atomic E-state index is 0.661. The first kappa shape index (κ1) is 14.8. The van der Waals surface area contributed by atoms with E-state index in [-0.39, 0.29) is 0 Å². The van der Waals surface area contributed by atoms with Crippen molar-refractivity contribution in [2.24, 2.45) is 0 Å². The number of rotatable bonds is 3. The van der Waals surface area contributed by atoms with Gasteiger partial charge in [0.2, 0.25) is 0 Å². The highest BCUT2D eigenvalue weighted by Gasteiger charge is 2.30. The Balaban J connectivity index is 1.51. The third-order valence-corrected chi connectivity index (χ3v) is 5.45. The predicted octanol–water partition coefficient (Wildman–Crippen LogP) is 2.47. The third kappa shape index (κ3) is 2.66. The Morgan fingerprint density at radius 1 is 1.00 bits per heavy atom. The van der Waals surface area contributed by atoms with Crippen molar-refractivity contribution in [2.75, 3.05) is 31.1 Å². The lowest BCUT2D eigenvalue weighted by molar-refractivity contribution is 0.260. The molecule has 0 aliphatic carbocycles. The van der Waals surface area contributed by atoms with E-state index in [1.165, 1.54) is 32.4 Å². The fourth-order valence-corrected chi connectivity index (χ4v) is 4.13. The molecule has 0 radical (unpaired) electrons. The van der Waals surface area contributed by atoms with Gasteiger partial charge in [-0.25, -0.2) is 4.98 Å². The Labute approximate surface area is 147 Å². The maximum atomic E-state index is 4.69. The smallest absolute Gasteiger partial charge is 0.254 e. The van der Waals surface area contributed by atoms with Crippen molar-refractivity contribution in [3.8, 4) is 11.3 Å². The molecule has 1 atom stereocenters. The standard InChI is InChI=1S/C19H22N6/c1-2-6-15(7-3-1)17-12-18(25-19(22-17)20-14-21-25)24-11-8-16(13-24)23-9-4-5-10-23/h1-3,6-7,12,14,16H,4-5,8-11,13H2/t16-/m1/s1. The first-order valence-corrected chi connectivity index (χ1v) is 9.14. The van der Waals surface area contributed by atoms with Gasteiger partial charge in [0.05, 0.1) is 5.69 Å². The molecular weight excluding hydrogens is 312 g/mol. The van der Waals surface area contributed by atoms with Crippen molar-refractivity contribution in [3.63, 3.8) is 0 Å². The molecule has 0 N–H and O–H groups in total. The molecule has 0 amide bonds. The number of hydrogen-bond acceptors (Lipinski definition) is 5. The van der Waals surface area contributed by atoms with Crippen LogP contribution in [-0.2, 0) is 0 Å². The average Bonchev–Trinajstić information content (AvgIpc) is 3.41. The van der Waals surface area contributed by atoms with Crippen LogP contribution in [0.25, 0.3) is 17.0 Å². The highest BCUT2D eigenvalue weighted by molar-refractivity contribution is 5.65. The molecule has 25 heavy (non-hydrogen) atoms. The van der Waals surface area contributed by atoms with E-state index in [9.17, 15) is 0 Å². The Hall–Kier alpha value is -2.47. The van der Waals surface area contributed by atoms with E-state index >= 15 is 0 Å². The van der Waals surface area contributed by atoms with Crippen molar-refractivity contribution in [2.45, 2.75) is 25.3 Å². The van der Waals surface area contributed by atoms with E-state index in [1.54, 1.807) is 6.33 Å². The molecule has 2 aromatic heterocycles. The predicted molar refractivity (Wildman–Crippen MR) is 97.6 cm³/mol. The molecular formula is C19H22N6. The van der Waals surface area contributed by atoms with Gasteiger partial charge in [0.25, 0.3) is 5.78 Å². The van der Waals surface area contributed by atoms with Crippen LogP contribution in [0.1, 0.15) is 19.3 Å². The number of fused-ring (bicyclic) bond motifs is 1. The van der Waals surface area contributed by atoms with Crippen molar-refractivity contribution in [1.82, 2.24) is 24.5 Å². The van der Waals surface area contributed by atoms with Crippen LogP contribution in [0.4, 0.5) is 5.82 Å². The molecule has 6 heteroatoms. The molecule has 2 saturated heterocycles. The summed E-state index contributed by atoms with van der Waals surface area (Å²) >= 11 is 0. The molecule has 2 aliphatic heterocycles. The quantitative estimate of drug-likeness (QED) is 0.736. The molecule has 0 saturated carbocycles. The summed E-state index contributed by atoms with van der Waals surface area (Å²) in [7, 11) is 0. The molecule has 128 valence electrons. The molecule has 1 aromatic carbocycles. The summed E-state index contributed by atoms with van der Waals surface area (Å²) in [5.41, 5.74) is 2.07. The summed E-state index contributed by atoms with van der Waals surface area (Å²) in [5.74, 6) is 1.77. The number of aromatic nitrogens is 4. The molecule has 0 spiro atoms. The Kier molecular flexibility index (Phi) is 3.63. The van der Waals surface area contributed by atoms with Crippen LogP contribution in [0.5, 0.6) is 0 Å². The van der Waals surface area contributed by atoms with Gasteiger partial charge in [-0.3, -0.25) is 4.90 Å². The van der Waals surface area contributed by atoms with Crippen molar-refractivity contribution >= 4 is 11.6 Å². The zero-order valence-corrected chi connectivity index (χ0v) is 14.3. The topological polar surface area (TPSA) is 49.6 Å². The van der Waals surface area contributed by atoms with Gasteiger partial charge in [-0.05, 0) is 32.4 Å². The first-order chi connectivity index (χ1) is 12.4. The fraction of sp³-hybridized carbons (Fsp3) is 0.421.